The maximum atomic E-state index is 5.56. The van der Waals surface area contributed by atoms with Crippen molar-refractivity contribution >= 4 is 5.96 Å². The van der Waals surface area contributed by atoms with Gasteiger partial charge in [-0.05, 0) is 32.1 Å². The maximum absolute atomic E-state index is 5.56. The normalized spacial score (nSPS) is 14.0. The van der Waals surface area contributed by atoms with Crippen molar-refractivity contribution < 1.29 is 4.74 Å². The van der Waals surface area contributed by atoms with Gasteiger partial charge in [-0.15, -0.1) is 0 Å². The van der Waals surface area contributed by atoms with Crippen molar-refractivity contribution in [3.05, 3.63) is 0 Å². The topological polar surface area (TPSA) is 45.7 Å². The quantitative estimate of drug-likeness (QED) is 0.385. The first-order valence-corrected chi connectivity index (χ1v) is 7.59. The van der Waals surface area contributed by atoms with Gasteiger partial charge >= 0.3 is 0 Å². The molecular formula is C15H33N3O. The Bertz CT molecular complexity index is 240. The van der Waals surface area contributed by atoms with E-state index in [1.807, 2.05) is 0 Å². The summed E-state index contributed by atoms with van der Waals surface area (Å²) in [6.45, 7) is 16.2. The minimum atomic E-state index is 0.416. The summed E-state index contributed by atoms with van der Waals surface area (Å²) in [4.78, 5) is 4.52. The molecule has 114 valence electrons. The number of guanidine groups is 1. The van der Waals surface area contributed by atoms with Gasteiger partial charge in [0.1, 0.15) is 0 Å². The molecule has 0 spiro atoms. The molecule has 4 heteroatoms. The highest BCUT2D eigenvalue weighted by Crippen LogP contribution is 2.00. The Kier molecular flexibility index (Phi) is 10.6. The number of hydrogen-bond donors (Lipinski definition) is 2. The Labute approximate surface area is 119 Å². The third kappa shape index (κ3) is 10.8. The Hall–Kier alpha value is -0.770. The van der Waals surface area contributed by atoms with E-state index < -0.39 is 0 Å². The van der Waals surface area contributed by atoms with Crippen LogP contribution in [-0.4, -0.2) is 38.3 Å². The van der Waals surface area contributed by atoms with E-state index in [0.717, 1.165) is 25.5 Å². The molecule has 0 bridgehead atoms. The van der Waals surface area contributed by atoms with Gasteiger partial charge in [0, 0.05) is 19.2 Å². The van der Waals surface area contributed by atoms with Crippen molar-refractivity contribution in [3.8, 4) is 0 Å². The van der Waals surface area contributed by atoms with E-state index in [4.69, 9.17) is 4.74 Å². The molecule has 0 fully saturated rings. The second-order valence-electron chi connectivity index (χ2n) is 5.73. The Morgan fingerprint density at radius 1 is 1.11 bits per heavy atom. The third-order valence-corrected chi connectivity index (χ3v) is 3.05. The van der Waals surface area contributed by atoms with E-state index in [0.29, 0.717) is 31.0 Å². The second kappa shape index (κ2) is 11.1. The molecule has 1 unspecified atom stereocenters. The van der Waals surface area contributed by atoms with Gasteiger partial charge in [-0.3, -0.25) is 4.99 Å². The monoisotopic (exact) mass is 271 g/mol. The van der Waals surface area contributed by atoms with Gasteiger partial charge < -0.3 is 15.4 Å². The molecule has 0 aliphatic carbocycles. The summed E-state index contributed by atoms with van der Waals surface area (Å²) in [7, 11) is 0. The zero-order valence-corrected chi connectivity index (χ0v) is 13.6. The molecule has 0 aromatic carbocycles. The fourth-order valence-electron chi connectivity index (χ4n) is 1.35. The van der Waals surface area contributed by atoms with Gasteiger partial charge in [-0.2, -0.15) is 0 Å². The predicted octanol–water partition coefficient (Wildman–Crippen LogP) is 2.65. The lowest BCUT2D eigenvalue weighted by Crippen LogP contribution is -2.44. The van der Waals surface area contributed by atoms with Crippen molar-refractivity contribution in [1.29, 1.82) is 0 Å². The van der Waals surface area contributed by atoms with Crippen LogP contribution in [0.1, 0.15) is 48.0 Å². The molecule has 0 saturated carbocycles. The lowest BCUT2D eigenvalue weighted by molar-refractivity contribution is 0.130. The number of rotatable bonds is 9. The van der Waals surface area contributed by atoms with Gasteiger partial charge in [0.05, 0.1) is 13.2 Å². The molecule has 0 amide bonds. The Morgan fingerprint density at radius 3 is 2.32 bits per heavy atom. The highest BCUT2D eigenvalue weighted by atomic mass is 16.5. The molecule has 0 aliphatic heterocycles. The molecule has 0 radical (unpaired) electrons. The Morgan fingerprint density at radius 2 is 1.79 bits per heavy atom. The first-order chi connectivity index (χ1) is 8.97. The zero-order valence-electron chi connectivity index (χ0n) is 13.6. The first-order valence-electron chi connectivity index (χ1n) is 7.59. The van der Waals surface area contributed by atoms with Crippen LogP contribution in [0.25, 0.3) is 0 Å². The largest absolute Gasteiger partial charge is 0.380 e. The summed E-state index contributed by atoms with van der Waals surface area (Å²) in [5.41, 5.74) is 0. The van der Waals surface area contributed by atoms with Crippen molar-refractivity contribution in [1.82, 2.24) is 10.6 Å². The molecule has 0 heterocycles. The molecule has 2 N–H and O–H groups in total. The summed E-state index contributed by atoms with van der Waals surface area (Å²) in [5.74, 6) is 2.18. The zero-order chi connectivity index (χ0) is 14.7. The average molecular weight is 271 g/mol. The predicted molar refractivity (Wildman–Crippen MR) is 83.7 cm³/mol. The van der Waals surface area contributed by atoms with Crippen LogP contribution in [0.4, 0.5) is 0 Å². The molecule has 0 aliphatic rings. The molecule has 4 nitrogen and oxygen atoms in total. The maximum Gasteiger partial charge on any atom is 0.191 e. The van der Waals surface area contributed by atoms with Crippen LogP contribution >= 0.6 is 0 Å². The second-order valence-corrected chi connectivity index (χ2v) is 5.73. The Balaban J connectivity index is 3.92. The minimum Gasteiger partial charge on any atom is -0.380 e. The van der Waals surface area contributed by atoms with Gasteiger partial charge in [0.2, 0.25) is 0 Å². The highest BCUT2D eigenvalue weighted by molar-refractivity contribution is 5.80. The molecular weight excluding hydrogens is 238 g/mol. The third-order valence-electron chi connectivity index (χ3n) is 3.05. The summed E-state index contributed by atoms with van der Waals surface area (Å²) in [6.07, 6.45) is 1.12. The van der Waals surface area contributed by atoms with E-state index in [1.165, 1.54) is 0 Å². The number of nitrogens with one attached hydrogen (secondary N) is 2. The van der Waals surface area contributed by atoms with Crippen LogP contribution < -0.4 is 10.6 Å². The molecule has 19 heavy (non-hydrogen) atoms. The van der Waals surface area contributed by atoms with Crippen LogP contribution in [0.2, 0.25) is 0 Å². The van der Waals surface area contributed by atoms with Gasteiger partial charge in [-0.1, -0.05) is 27.7 Å². The van der Waals surface area contributed by atoms with E-state index in [2.05, 4.69) is 57.2 Å². The van der Waals surface area contributed by atoms with E-state index in [9.17, 15) is 0 Å². The van der Waals surface area contributed by atoms with Crippen molar-refractivity contribution in [3.63, 3.8) is 0 Å². The van der Waals surface area contributed by atoms with Crippen molar-refractivity contribution in [2.75, 3.05) is 26.3 Å². The molecule has 0 rings (SSSR count). The minimum absolute atomic E-state index is 0.416. The smallest absolute Gasteiger partial charge is 0.191 e. The van der Waals surface area contributed by atoms with E-state index in [1.54, 1.807) is 0 Å². The van der Waals surface area contributed by atoms with Crippen LogP contribution in [-0.2, 0) is 4.74 Å². The SMILES string of the molecule is CCNC(=NCCOCCC(C)C)NC(C)C(C)C. The standard InChI is InChI=1S/C15H33N3O/c1-7-16-15(18-14(6)13(4)5)17-9-11-19-10-8-12(2)3/h12-14H,7-11H2,1-6H3,(H2,16,17,18). The van der Waals surface area contributed by atoms with Crippen LogP contribution in [0.5, 0.6) is 0 Å². The molecule has 0 aromatic rings. The van der Waals surface area contributed by atoms with Crippen molar-refractivity contribution in [2.45, 2.75) is 54.0 Å². The lowest BCUT2D eigenvalue weighted by Gasteiger charge is -2.20. The fraction of sp³-hybridized carbons (Fsp3) is 0.933. The summed E-state index contributed by atoms with van der Waals surface area (Å²) in [6, 6.07) is 0.416. The number of nitrogens with zero attached hydrogens (tertiary/aromatic N) is 1. The van der Waals surface area contributed by atoms with Crippen LogP contribution in [0, 0.1) is 11.8 Å². The molecule has 1 atom stereocenters. The molecule has 0 aromatic heterocycles. The van der Waals surface area contributed by atoms with Gasteiger partial charge in [0.15, 0.2) is 5.96 Å². The van der Waals surface area contributed by atoms with E-state index >= 15 is 0 Å². The average Bonchev–Trinajstić information content (AvgIpc) is 2.33. The van der Waals surface area contributed by atoms with E-state index in [-0.39, 0.29) is 0 Å². The summed E-state index contributed by atoms with van der Waals surface area (Å²) < 4.78 is 5.56. The van der Waals surface area contributed by atoms with Crippen LogP contribution in [0.15, 0.2) is 4.99 Å². The summed E-state index contributed by atoms with van der Waals surface area (Å²) in [5, 5.41) is 6.67. The van der Waals surface area contributed by atoms with Crippen LogP contribution in [0.3, 0.4) is 0 Å². The lowest BCUT2D eigenvalue weighted by atomic mass is 10.1. The van der Waals surface area contributed by atoms with Gasteiger partial charge in [-0.25, -0.2) is 0 Å². The number of hydrogen-bond acceptors (Lipinski definition) is 2. The highest BCUT2D eigenvalue weighted by Gasteiger charge is 2.08. The van der Waals surface area contributed by atoms with Crippen molar-refractivity contribution in [2.24, 2.45) is 16.8 Å². The number of ether oxygens (including phenoxy) is 1. The fourth-order valence-corrected chi connectivity index (χ4v) is 1.35. The number of aliphatic imine (C=N–C) groups is 1. The summed E-state index contributed by atoms with van der Waals surface area (Å²) >= 11 is 0. The van der Waals surface area contributed by atoms with Gasteiger partial charge in [0.25, 0.3) is 0 Å². The molecule has 0 saturated heterocycles. The first kappa shape index (κ1) is 18.2.